The highest BCUT2D eigenvalue weighted by molar-refractivity contribution is 5.70. The van der Waals surface area contributed by atoms with Crippen molar-refractivity contribution in [3.63, 3.8) is 0 Å². The lowest BCUT2D eigenvalue weighted by Crippen LogP contribution is -2.44. The maximum Gasteiger partial charge on any atom is 0.306 e. The zero-order chi connectivity index (χ0) is 53.4. The van der Waals surface area contributed by atoms with Crippen LogP contribution in [0.25, 0.3) is 0 Å². The fourth-order valence-electron chi connectivity index (χ4n) is 6.09. The van der Waals surface area contributed by atoms with Crippen LogP contribution in [0.1, 0.15) is 142 Å². The number of aliphatic carboxylic acids is 1. The third-order valence-electron chi connectivity index (χ3n) is 10.2. The summed E-state index contributed by atoms with van der Waals surface area (Å²) < 4.78 is 22.5. The number of likely N-dealkylation sites (N-methyl/N-ethyl adjacent to an activating group) is 1. The van der Waals surface area contributed by atoms with Crippen LogP contribution in [0.4, 0.5) is 0 Å². The van der Waals surface area contributed by atoms with Crippen LogP contribution in [0.2, 0.25) is 0 Å². The Morgan fingerprint density at radius 3 is 1.07 bits per heavy atom. The topological polar surface area (TPSA) is 111 Å². The van der Waals surface area contributed by atoms with Crippen molar-refractivity contribution in [1.82, 2.24) is 0 Å². The minimum absolute atomic E-state index is 0.113. The van der Waals surface area contributed by atoms with Gasteiger partial charge in [-0.2, -0.15) is 0 Å². The van der Waals surface area contributed by atoms with E-state index in [1.165, 1.54) is 0 Å². The standard InChI is InChI=1S/C64H95NO8/c1-6-8-10-12-14-16-18-20-22-24-26-27-28-29-30-31-32-33-34-35-37-39-41-43-45-47-49-51-53-55-62(67)73-60(59-72-64(63(68)69)70-57-56-65(3,4)5)58-71-61(66)54-52-50-48-46-44-42-40-38-36-25-23-21-19-17-15-13-11-9-7-2/h8-11,14-17,20-23,26-27,29-30,32-33,35-38,41-44,47-50,60,64H,6-7,12-13,18-19,24-25,28,31,34,39-40,45-46,51-59H2,1-5H3/b10-8-,11-9-,16-14-,17-15-,22-20-,23-21-,27-26-,30-29-,33-32-,37-35-,38-36-,43-41-,44-42-,49-47-,50-48-. The highest BCUT2D eigenvalue weighted by atomic mass is 16.7. The van der Waals surface area contributed by atoms with Crippen LogP contribution < -0.4 is 5.11 Å². The molecule has 0 spiro atoms. The maximum absolute atomic E-state index is 12.8. The quantitative estimate of drug-likeness (QED) is 0.0195. The van der Waals surface area contributed by atoms with Crippen molar-refractivity contribution < 1.29 is 42.9 Å². The second-order valence-electron chi connectivity index (χ2n) is 18.0. The van der Waals surface area contributed by atoms with Gasteiger partial charge in [0.25, 0.3) is 0 Å². The Morgan fingerprint density at radius 2 is 0.740 bits per heavy atom. The molecule has 0 rings (SSSR count). The molecule has 0 N–H and O–H groups in total. The molecule has 9 nitrogen and oxygen atoms in total. The molecule has 0 radical (unpaired) electrons. The largest absolute Gasteiger partial charge is 0.545 e. The van der Waals surface area contributed by atoms with E-state index in [1.807, 2.05) is 39.4 Å². The second kappa shape index (κ2) is 52.7. The highest BCUT2D eigenvalue weighted by Gasteiger charge is 2.21. The van der Waals surface area contributed by atoms with Crippen LogP contribution in [0.15, 0.2) is 182 Å². The van der Waals surface area contributed by atoms with E-state index in [0.29, 0.717) is 30.3 Å². The Balaban J connectivity index is 4.56. The third-order valence-corrected chi connectivity index (χ3v) is 10.2. The lowest BCUT2D eigenvalue weighted by molar-refractivity contribution is -0.870. The minimum Gasteiger partial charge on any atom is -0.545 e. The van der Waals surface area contributed by atoms with Gasteiger partial charge in [-0.1, -0.05) is 196 Å². The van der Waals surface area contributed by atoms with Crippen LogP contribution in [0, 0.1) is 0 Å². The summed E-state index contributed by atoms with van der Waals surface area (Å²) in [7, 11) is 5.86. The van der Waals surface area contributed by atoms with Gasteiger partial charge in [-0.25, -0.2) is 0 Å². The summed E-state index contributed by atoms with van der Waals surface area (Å²) in [5, 5.41) is 11.7. The number of carboxylic acids is 1. The molecule has 2 atom stereocenters. The Morgan fingerprint density at radius 1 is 0.411 bits per heavy atom. The Hall–Kier alpha value is -5.61. The number of carboxylic acid groups (broad SMARTS) is 1. The normalized spacial score (nSPS) is 14.3. The summed E-state index contributed by atoms with van der Waals surface area (Å²) in [4.78, 5) is 37.1. The molecule has 0 saturated heterocycles. The number of allylic oxidation sites excluding steroid dienone is 30. The van der Waals surface area contributed by atoms with Gasteiger partial charge in [-0.15, -0.1) is 0 Å². The van der Waals surface area contributed by atoms with E-state index >= 15 is 0 Å². The third kappa shape index (κ3) is 54.0. The summed E-state index contributed by atoms with van der Waals surface area (Å²) in [5.41, 5.74) is 0. The predicted octanol–water partition coefficient (Wildman–Crippen LogP) is 14.4. The molecule has 2 unspecified atom stereocenters. The lowest BCUT2D eigenvalue weighted by atomic mass is 10.2. The van der Waals surface area contributed by atoms with Crippen molar-refractivity contribution >= 4 is 17.9 Å². The number of rotatable bonds is 46. The molecule has 9 heteroatoms. The van der Waals surface area contributed by atoms with Crippen LogP contribution in [0.5, 0.6) is 0 Å². The average Bonchev–Trinajstić information content (AvgIpc) is 3.36. The molecule has 0 aromatic carbocycles. The first-order valence-electron chi connectivity index (χ1n) is 26.9. The summed E-state index contributed by atoms with van der Waals surface area (Å²) in [6.45, 7) is 4.31. The SMILES string of the molecule is CC/C=C\C/C=C\C/C=C\C/C=C\C/C=C\C/C=C\C/C=C\C/C=C\C/C=C\CCCC(=O)OC(COC(=O)CC/C=C\C/C=C\C/C=C\C/C=C\C/C=C\C/C=C\CC)COC(OCC[N+](C)(C)C)C(=O)[O-]. The molecule has 73 heavy (non-hydrogen) atoms. The summed E-state index contributed by atoms with van der Waals surface area (Å²) in [5.74, 6) is -2.51. The van der Waals surface area contributed by atoms with Crippen molar-refractivity contribution in [2.75, 3.05) is 47.5 Å². The van der Waals surface area contributed by atoms with Crippen molar-refractivity contribution in [1.29, 1.82) is 0 Å². The number of hydrogen-bond acceptors (Lipinski definition) is 8. The fraction of sp³-hybridized carbons (Fsp3) is 0.484. The number of quaternary nitrogens is 1. The molecule has 0 bridgehead atoms. The first-order valence-corrected chi connectivity index (χ1v) is 26.9. The van der Waals surface area contributed by atoms with Gasteiger partial charge >= 0.3 is 11.9 Å². The zero-order valence-electron chi connectivity index (χ0n) is 45.7. The van der Waals surface area contributed by atoms with Gasteiger partial charge in [0.1, 0.15) is 13.2 Å². The second-order valence-corrected chi connectivity index (χ2v) is 18.0. The highest BCUT2D eigenvalue weighted by Crippen LogP contribution is 2.08. The van der Waals surface area contributed by atoms with Crippen LogP contribution in [-0.4, -0.2) is 82.3 Å². The number of nitrogens with zero attached hydrogens (tertiary/aromatic N) is 1. The van der Waals surface area contributed by atoms with Gasteiger partial charge in [0.15, 0.2) is 12.4 Å². The summed E-state index contributed by atoms with van der Waals surface area (Å²) in [6, 6.07) is 0. The molecule has 0 saturated carbocycles. The van der Waals surface area contributed by atoms with Crippen LogP contribution in [-0.2, 0) is 33.3 Å². The molecule has 0 aromatic heterocycles. The summed E-state index contributed by atoms with van der Waals surface area (Å²) >= 11 is 0. The van der Waals surface area contributed by atoms with Crippen molar-refractivity contribution in [2.45, 2.75) is 155 Å². The van der Waals surface area contributed by atoms with E-state index in [0.717, 1.165) is 96.3 Å². The first kappa shape index (κ1) is 67.4. The number of unbranched alkanes of at least 4 members (excludes halogenated alkanes) is 1. The monoisotopic (exact) mass is 1010 g/mol. The van der Waals surface area contributed by atoms with Crippen molar-refractivity contribution in [2.24, 2.45) is 0 Å². The maximum atomic E-state index is 12.8. The Kier molecular flexibility index (Phi) is 48.7. The Bertz CT molecular complexity index is 1840. The molecule has 404 valence electrons. The summed E-state index contributed by atoms with van der Waals surface area (Å²) in [6.07, 6.45) is 78.2. The number of carbonyl (C=O) groups excluding carboxylic acids is 3. The molecule has 0 aromatic rings. The zero-order valence-corrected chi connectivity index (χ0v) is 45.7. The lowest BCUT2D eigenvalue weighted by Gasteiger charge is -2.26. The van der Waals surface area contributed by atoms with Gasteiger partial charge in [0, 0.05) is 12.8 Å². The molecule has 0 fully saturated rings. The molecular weight excluding hydrogens is 911 g/mol. The van der Waals surface area contributed by atoms with E-state index < -0.39 is 30.3 Å². The molecule has 0 amide bonds. The van der Waals surface area contributed by atoms with Gasteiger partial charge in [-0.05, 0) is 116 Å². The Labute approximate surface area is 443 Å². The van der Waals surface area contributed by atoms with E-state index in [9.17, 15) is 19.5 Å². The average molecular weight is 1010 g/mol. The minimum atomic E-state index is -1.67. The van der Waals surface area contributed by atoms with E-state index in [2.05, 4.69) is 178 Å². The van der Waals surface area contributed by atoms with Gasteiger partial charge < -0.3 is 33.3 Å². The van der Waals surface area contributed by atoms with Crippen LogP contribution >= 0.6 is 0 Å². The number of esters is 2. The molecule has 0 aliphatic heterocycles. The van der Waals surface area contributed by atoms with Crippen molar-refractivity contribution in [3.05, 3.63) is 182 Å². The van der Waals surface area contributed by atoms with E-state index in [-0.39, 0.29) is 32.7 Å². The number of ether oxygens (including phenoxy) is 4. The van der Waals surface area contributed by atoms with Crippen LogP contribution in [0.3, 0.4) is 0 Å². The smallest absolute Gasteiger partial charge is 0.306 e. The fourth-order valence-corrected chi connectivity index (χ4v) is 6.09. The van der Waals surface area contributed by atoms with Gasteiger partial charge in [-0.3, -0.25) is 9.59 Å². The molecule has 0 aliphatic carbocycles. The van der Waals surface area contributed by atoms with Gasteiger partial charge in [0.2, 0.25) is 0 Å². The van der Waals surface area contributed by atoms with E-state index in [4.69, 9.17) is 18.9 Å². The molecule has 0 aliphatic rings. The van der Waals surface area contributed by atoms with Gasteiger partial charge in [0.05, 0.1) is 40.3 Å². The van der Waals surface area contributed by atoms with E-state index in [1.54, 1.807) is 0 Å². The predicted molar refractivity (Wildman–Crippen MR) is 305 cm³/mol. The molecular formula is C64H95NO8. The molecule has 0 heterocycles. The first-order chi connectivity index (χ1) is 35.6. The number of hydrogen-bond donors (Lipinski definition) is 0. The van der Waals surface area contributed by atoms with Crippen molar-refractivity contribution in [3.8, 4) is 0 Å². The number of carbonyl (C=O) groups is 3.